The van der Waals surface area contributed by atoms with Crippen molar-refractivity contribution in [1.29, 1.82) is 0 Å². The van der Waals surface area contributed by atoms with E-state index in [1.807, 2.05) is 42.5 Å². The maximum atomic E-state index is 12.7. The number of hydrogen-bond acceptors (Lipinski definition) is 4. The standard InChI is InChI=1S/C25H23NO4/c1-14(2)21-19(25(28)30-4)13-18-17-7-5-6-8-20(17)26-23(18)22(21)15-9-11-16(12-10-15)24(27)29-3/h5-14,26H,1-4H3. The monoisotopic (exact) mass is 401 g/mol. The highest BCUT2D eigenvalue weighted by molar-refractivity contribution is 6.15. The number of carbonyl (C=O) groups excluding carboxylic acids is 2. The van der Waals surface area contributed by atoms with Gasteiger partial charge in [0, 0.05) is 21.9 Å². The number of para-hydroxylation sites is 1. The van der Waals surface area contributed by atoms with Crippen LogP contribution in [-0.4, -0.2) is 31.1 Å². The first-order chi connectivity index (χ1) is 14.5. The third-order valence-electron chi connectivity index (χ3n) is 5.42. The van der Waals surface area contributed by atoms with Crippen LogP contribution in [0, 0.1) is 0 Å². The average molecular weight is 401 g/mol. The van der Waals surface area contributed by atoms with Crippen molar-refractivity contribution in [2.24, 2.45) is 0 Å². The van der Waals surface area contributed by atoms with Crippen molar-refractivity contribution in [3.8, 4) is 11.1 Å². The number of aromatic nitrogens is 1. The van der Waals surface area contributed by atoms with Crippen LogP contribution in [0.15, 0.2) is 54.6 Å². The first kappa shape index (κ1) is 19.7. The fourth-order valence-corrected chi connectivity index (χ4v) is 4.07. The van der Waals surface area contributed by atoms with E-state index in [4.69, 9.17) is 9.47 Å². The third-order valence-corrected chi connectivity index (χ3v) is 5.42. The largest absolute Gasteiger partial charge is 0.465 e. The van der Waals surface area contributed by atoms with E-state index in [0.717, 1.165) is 38.5 Å². The quantitative estimate of drug-likeness (QED) is 0.446. The third kappa shape index (κ3) is 3.12. The summed E-state index contributed by atoms with van der Waals surface area (Å²) in [6.07, 6.45) is 0. The molecule has 0 unspecified atom stereocenters. The van der Waals surface area contributed by atoms with Gasteiger partial charge in [0.1, 0.15) is 0 Å². The Hall–Kier alpha value is -3.60. The van der Waals surface area contributed by atoms with E-state index in [2.05, 4.69) is 18.8 Å². The molecule has 5 heteroatoms. The van der Waals surface area contributed by atoms with E-state index < -0.39 is 0 Å². The molecule has 0 amide bonds. The van der Waals surface area contributed by atoms with Crippen LogP contribution in [-0.2, 0) is 9.47 Å². The van der Waals surface area contributed by atoms with E-state index in [0.29, 0.717) is 11.1 Å². The van der Waals surface area contributed by atoms with Crippen molar-refractivity contribution in [3.05, 3.63) is 71.3 Å². The van der Waals surface area contributed by atoms with E-state index >= 15 is 0 Å². The van der Waals surface area contributed by atoms with Crippen molar-refractivity contribution in [3.63, 3.8) is 0 Å². The molecule has 1 heterocycles. The molecule has 4 aromatic rings. The number of benzene rings is 3. The number of carbonyl (C=O) groups is 2. The number of rotatable bonds is 4. The lowest BCUT2D eigenvalue weighted by Crippen LogP contribution is -2.09. The van der Waals surface area contributed by atoms with Crippen LogP contribution < -0.4 is 0 Å². The number of fused-ring (bicyclic) bond motifs is 3. The van der Waals surface area contributed by atoms with Gasteiger partial charge in [-0.2, -0.15) is 0 Å². The molecule has 1 aromatic heterocycles. The molecule has 0 saturated heterocycles. The molecule has 152 valence electrons. The molecule has 1 N–H and O–H groups in total. The zero-order valence-corrected chi connectivity index (χ0v) is 17.4. The summed E-state index contributed by atoms with van der Waals surface area (Å²) in [5, 5.41) is 2.00. The summed E-state index contributed by atoms with van der Waals surface area (Å²) in [6, 6.07) is 17.2. The molecule has 0 bridgehead atoms. The second-order valence-corrected chi connectivity index (χ2v) is 7.52. The first-order valence-electron chi connectivity index (χ1n) is 9.80. The fourth-order valence-electron chi connectivity index (χ4n) is 4.07. The van der Waals surface area contributed by atoms with Crippen LogP contribution in [0.5, 0.6) is 0 Å². The van der Waals surface area contributed by atoms with E-state index in [9.17, 15) is 9.59 Å². The lowest BCUT2D eigenvalue weighted by atomic mass is 9.86. The van der Waals surface area contributed by atoms with Gasteiger partial charge in [-0.1, -0.05) is 44.2 Å². The van der Waals surface area contributed by atoms with Crippen molar-refractivity contribution >= 4 is 33.7 Å². The van der Waals surface area contributed by atoms with Gasteiger partial charge in [-0.3, -0.25) is 0 Å². The zero-order chi connectivity index (χ0) is 21.4. The normalized spacial score (nSPS) is 11.2. The Kier molecular flexibility index (Phi) is 5.04. The molecule has 0 aliphatic rings. The highest BCUT2D eigenvalue weighted by Crippen LogP contribution is 2.41. The highest BCUT2D eigenvalue weighted by atomic mass is 16.5. The average Bonchev–Trinajstić information content (AvgIpc) is 3.15. The predicted molar refractivity (Wildman–Crippen MR) is 118 cm³/mol. The maximum absolute atomic E-state index is 12.7. The predicted octanol–water partition coefficient (Wildman–Crippen LogP) is 5.68. The van der Waals surface area contributed by atoms with Crippen LogP contribution in [0.25, 0.3) is 32.9 Å². The zero-order valence-electron chi connectivity index (χ0n) is 17.4. The molecule has 4 rings (SSSR count). The van der Waals surface area contributed by atoms with Crippen molar-refractivity contribution in [2.45, 2.75) is 19.8 Å². The summed E-state index contributed by atoms with van der Waals surface area (Å²) in [4.78, 5) is 28.1. The number of hydrogen-bond donors (Lipinski definition) is 1. The molecule has 5 nitrogen and oxygen atoms in total. The number of aromatic amines is 1. The lowest BCUT2D eigenvalue weighted by Gasteiger charge is -2.19. The van der Waals surface area contributed by atoms with Gasteiger partial charge in [0.15, 0.2) is 0 Å². The molecular formula is C25H23NO4. The summed E-state index contributed by atoms with van der Waals surface area (Å²) in [5.74, 6) is -0.673. The van der Waals surface area contributed by atoms with Crippen molar-refractivity contribution in [2.75, 3.05) is 14.2 Å². The number of H-pyrrole nitrogens is 1. The number of esters is 2. The molecule has 0 aliphatic heterocycles. The van der Waals surface area contributed by atoms with E-state index in [1.54, 1.807) is 12.1 Å². The van der Waals surface area contributed by atoms with E-state index in [1.165, 1.54) is 14.2 Å². The topological polar surface area (TPSA) is 68.4 Å². The second kappa shape index (κ2) is 7.67. The van der Waals surface area contributed by atoms with Crippen molar-refractivity contribution < 1.29 is 19.1 Å². The minimum atomic E-state index is -0.385. The summed E-state index contributed by atoms with van der Waals surface area (Å²) in [7, 11) is 2.76. The second-order valence-electron chi connectivity index (χ2n) is 7.52. The maximum Gasteiger partial charge on any atom is 0.338 e. The Morgan fingerprint density at radius 3 is 2.17 bits per heavy atom. The van der Waals surface area contributed by atoms with Gasteiger partial charge in [-0.25, -0.2) is 9.59 Å². The van der Waals surface area contributed by atoms with Crippen LogP contribution >= 0.6 is 0 Å². The molecule has 0 radical (unpaired) electrons. The minimum absolute atomic E-state index is 0.0743. The number of ether oxygens (including phenoxy) is 2. The highest BCUT2D eigenvalue weighted by Gasteiger charge is 2.24. The Bertz CT molecular complexity index is 1270. The first-order valence-corrected chi connectivity index (χ1v) is 9.80. The van der Waals surface area contributed by atoms with Gasteiger partial charge >= 0.3 is 11.9 Å². The Morgan fingerprint density at radius 1 is 0.867 bits per heavy atom. The van der Waals surface area contributed by atoms with Gasteiger partial charge in [-0.15, -0.1) is 0 Å². The Balaban J connectivity index is 2.10. The van der Waals surface area contributed by atoms with Crippen molar-refractivity contribution in [1.82, 2.24) is 4.98 Å². The smallest absolute Gasteiger partial charge is 0.338 e. The molecule has 0 atom stereocenters. The minimum Gasteiger partial charge on any atom is -0.465 e. The summed E-state index contributed by atoms with van der Waals surface area (Å²) >= 11 is 0. The molecule has 3 aromatic carbocycles. The molecular weight excluding hydrogens is 378 g/mol. The number of methoxy groups -OCH3 is 2. The Morgan fingerprint density at radius 2 is 1.53 bits per heavy atom. The van der Waals surface area contributed by atoms with Crippen LogP contribution in [0.3, 0.4) is 0 Å². The van der Waals surface area contributed by atoms with Gasteiger partial charge in [0.2, 0.25) is 0 Å². The van der Waals surface area contributed by atoms with Gasteiger partial charge in [0.05, 0.1) is 30.9 Å². The van der Waals surface area contributed by atoms with Gasteiger partial charge in [0.25, 0.3) is 0 Å². The molecule has 30 heavy (non-hydrogen) atoms. The van der Waals surface area contributed by atoms with Crippen LogP contribution in [0.4, 0.5) is 0 Å². The molecule has 0 aliphatic carbocycles. The molecule has 0 saturated carbocycles. The summed E-state index contributed by atoms with van der Waals surface area (Å²) < 4.78 is 9.92. The summed E-state index contributed by atoms with van der Waals surface area (Å²) in [6.45, 7) is 4.12. The fraction of sp³-hybridized carbons (Fsp3) is 0.200. The van der Waals surface area contributed by atoms with Crippen LogP contribution in [0.1, 0.15) is 46.0 Å². The summed E-state index contributed by atoms with van der Waals surface area (Å²) in [5.41, 5.74) is 5.74. The SMILES string of the molecule is COC(=O)c1ccc(-c2c(C(C)C)c(C(=O)OC)cc3c2[nH]c2ccccc23)cc1. The van der Waals surface area contributed by atoms with Gasteiger partial charge < -0.3 is 14.5 Å². The van der Waals surface area contributed by atoms with Gasteiger partial charge in [-0.05, 0) is 41.3 Å². The Labute approximate surface area is 174 Å². The lowest BCUT2D eigenvalue weighted by molar-refractivity contribution is 0.0591. The molecule has 0 spiro atoms. The van der Waals surface area contributed by atoms with E-state index in [-0.39, 0.29) is 17.9 Å². The molecule has 0 fully saturated rings. The number of nitrogens with one attached hydrogen (secondary N) is 1. The van der Waals surface area contributed by atoms with Crippen LogP contribution in [0.2, 0.25) is 0 Å².